The Balaban J connectivity index is 1.42. The summed E-state index contributed by atoms with van der Waals surface area (Å²) in [6.07, 6.45) is -0.596. The van der Waals surface area contributed by atoms with E-state index in [9.17, 15) is 37.3 Å². The van der Waals surface area contributed by atoms with Crippen LogP contribution in [0.15, 0.2) is 60.7 Å². The molecule has 12 nitrogen and oxygen atoms in total. The molecule has 0 atom stereocenters. The predicted octanol–water partition coefficient (Wildman–Crippen LogP) is 1.52. The van der Waals surface area contributed by atoms with Gasteiger partial charge in [0.25, 0.3) is 0 Å². The summed E-state index contributed by atoms with van der Waals surface area (Å²) >= 11 is 0. The van der Waals surface area contributed by atoms with Gasteiger partial charge in [0, 0.05) is 35.1 Å². The van der Waals surface area contributed by atoms with Crippen molar-refractivity contribution in [3.63, 3.8) is 0 Å². The number of aromatic hydroxyl groups is 4. The van der Waals surface area contributed by atoms with Gasteiger partial charge in [0.2, 0.25) is 23.5 Å². The van der Waals surface area contributed by atoms with Crippen molar-refractivity contribution in [1.29, 1.82) is 0 Å². The van der Waals surface area contributed by atoms with E-state index >= 15 is 0 Å². The fourth-order valence-corrected chi connectivity index (χ4v) is 6.35. The average Bonchev–Trinajstić information content (AvgIpc) is 3.23. The molecule has 4 N–H and O–H groups in total. The van der Waals surface area contributed by atoms with Crippen LogP contribution in [0.5, 0.6) is 23.5 Å². The van der Waals surface area contributed by atoms with Crippen LogP contribution in [-0.2, 0) is 44.6 Å². The second-order valence-electron chi connectivity index (χ2n) is 8.68. The van der Waals surface area contributed by atoms with Gasteiger partial charge in [-0.05, 0) is 11.1 Å². The molecule has 0 spiro atoms. The Morgan fingerprint density at radius 3 is 1.13 bits per heavy atom. The standard InChI is InChI=1S/C24H22N2O10S2/c27-21-17-11-19-20(24(30)26(23(19)29)36-38(33,34)14-16-9-5-2-6-10-16)12-18(17)22(28)25(21)35-37(31,32)13-15-7-3-1-4-8-15/h1-10,27-30H,11-14H2. The summed E-state index contributed by atoms with van der Waals surface area (Å²) in [5, 5.41) is 42.7. The van der Waals surface area contributed by atoms with Crippen molar-refractivity contribution in [2.24, 2.45) is 0 Å². The Morgan fingerprint density at radius 1 is 0.553 bits per heavy atom. The number of rotatable bonds is 8. The van der Waals surface area contributed by atoms with Gasteiger partial charge in [-0.25, -0.2) is 0 Å². The highest BCUT2D eigenvalue weighted by Crippen LogP contribution is 2.46. The fourth-order valence-electron chi connectivity index (χ4n) is 4.31. The van der Waals surface area contributed by atoms with Crippen LogP contribution in [0.3, 0.4) is 0 Å². The molecule has 2 aromatic carbocycles. The molecule has 4 aromatic rings. The summed E-state index contributed by atoms with van der Waals surface area (Å²) in [5.41, 5.74) is 0.916. The number of nitrogens with zero attached hydrogens (tertiary/aromatic N) is 2. The van der Waals surface area contributed by atoms with Crippen LogP contribution in [0.25, 0.3) is 0 Å². The van der Waals surface area contributed by atoms with E-state index in [4.69, 9.17) is 8.57 Å². The van der Waals surface area contributed by atoms with Crippen LogP contribution >= 0.6 is 0 Å². The first kappa shape index (κ1) is 25.4. The molecule has 14 heteroatoms. The summed E-state index contributed by atoms with van der Waals surface area (Å²) in [4.78, 5) is 0. The van der Waals surface area contributed by atoms with Crippen molar-refractivity contribution in [3.05, 3.63) is 94.0 Å². The summed E-state index contributed by atoms with van der Waals surface area (Å²) in [7, 11) is -8.60. The molecule has 2 heterocycles. The molecule has 0 saturated carbocycles. The zero-order valence-electron chi connectivity index (χ0n) is 19.6. The Bertz CT molecular complexity index is 1550. The van der Waals surface area contributed by atoms with E-state index < -0.39 is 55.3 Å². The lowest BCUT2D eigenvalue weighted by Crippen LogP contribution is -2.21. The molecule has 0 bridgehead atoms. The van der Waals surface area contributed by atoms with Crippen molar-refractivity contribution >= 4 is 20.2 Å². The maximum atomic E-state index is 12.5. The largest absolute Gasteiger partial charge is 0.492 e. The van der Waals surface area contributed by atoms with Crippen molar-refractivity contribution in [3.8, 4) is 23.5 Å². The van der Waals surface area contributed by atoms with Gasteiger partial charge in [0.1, 0.15) is 11.5 Å². The van der Waals surface area contributed by atoms with Gasteiger partial charge in [-0.2, -0.15) is 16.8 Å². The van der Waals surface area contributed by atoms with Crippen LogP contribution in [0.1, 0.15) is 33.4 Å². The molecule has 2 aromatic heterocycles. The van der Waals surface area contributed by atoms with Crippen LogP contribution in [0, 0.1) is 0 Å². The highest BCUT2D eigenvalue weighted by molar-refractivity contribution is 7.86. The van der Waals surface area contributed by atoms with Gasteiger partial charge in [0.15, 0.2) is 0 Å². The lowest BCUT2D eigenvalue weighted by Gasteiger charge is -2.11. The Kier molecular flexibility index (Phi) is 6.15. The molecule has 0 aliphatic heterocycles. The molecular weight excluding hydrogens is 540 g/mol. The van der Waals surface area contributed by atoms with Gasteiger partial charge in [0.05, 0.1) is 0 Å². The second kappa shape index (κ2) is 9.22. The second-order valence-corrected chi connectivity index (χ2v) is 11.8. The third kappa shape index (κ3) is 4.70. The first-order chi connectivity index (χ1) is 18.0. The third-order valence-electron chi connectivity index (χ3n) is 6.03. The zero-order valence-corrected chi connectivity index (χ0v) is 21.2. The minimum atomic E-state index is -4.30. The Hall–Kier alpha value is -4.30. The van der Waals surface area contributed by atoms with Crippen LogP contribution in [0.2, 0.25) is 0 Å². The number of benzene rings is 2. The van der Waals surface area contributed by atoms with Crippen molar-refractivity contribution < 1.29 is 45.8 Å². The molecule has 0 unspecified atom stereocenters. The van der Waals surface area contributed by atoms with E-state index in [1.54, 1.807) is 60.7 Å². The minimum Gasteiger partial charge on any atom is -0.492 e. The molecule has 38 heavy (non-hydrogen) atoms. The van der Waals surface area contributed by atoms with E-state index in [1.165, 1.54) is 0 Å². The maximum Gasteiger partial charge on any atom is 0.331 e. The smallest absolute Gasteiger partial charge is 0.331 e. The van der Waals surface area contributed by atoms with Crippen molar-refractivity contribution in [2.75, 3.05) is 0 Å². The number of hydrogen-bond donors (Lipinski definition) is 4. The van der Waals surface area contributed by atoms with Gasteiger partial charge >= 0.3 is 20.2 Å². The van der Waals surface area contributed by atoms with Crippen molar-refractivity contribution in [1.82, 2.24) is 9.46 Å². The summed E-state index contributed by atoms with van der Waals surface area (Å²) in [6, 6.07) is 16.3. The molecule has 0 amide bonds. The SMILES string of the molecule is O=S(=O)(Cc1ccccc1)On1c(O)c2c(c1O)Cc1c(c(O)n(OS(=O)(=O)Cc3ccccc3)c1O)C2. The molecule has 1 aliphatic rings. The number of fused-ring (bicyclic) bond motifs is 2. The maximum absolute atomic E-state index is 12.5. The van der Waals surface area contributed by atoms with Crippen LogP contribution in [-0.4, -0.2) is 46.7 Å². The predicted molar refractivity (Wildman–Crippen MR) is 132 cm³/mol. The van der Waals surface area contributed by atoms with E-state index in [0.717, 1.165) is 0 Å². The van der Waals surface area contributed by atoms with Crippen LogP contribution < -0.4 is 8.57 Å². The first-order valence-corrected chi connectivity index (χ1v) is 14.3. The Morgan fingerprint density at radius 2 is 0.842 bits per heavy atom. The van der Waals surface area contributed by atoms with E-state index in [0.29, 0.717) is 20.6 Å². The highest BCUT2D eigenvalue weighted by Gasteiger charge is 2.37. The molecule has 0 fully saturated rings. The lowest BCUT2D eigenvalue weighted by molar-refractivity contribution is 0.199. The van der Waals surface area contributed by atoms with Gasteiger partial charge in [-0.1, -0.05) is 70.1 Å². The zero-order chi connectivity index (χ0) is 27.2. The van der Waals surface area contributed by atoms with E-state index in [-0.39, 0.29) is 35.1 Å². The number of hydrogen-bond acceptors (Lipinski definition) is 10. The monoisotopic (exact) mass is 562 g/mol. The highest BCUT2D eigenvalue weighted by atomic mass is 32.2. The summed E-state index contributed by atoms with van der Waals surface area (Å²) in [6.45, 7) is 0. The number of aromatic nitrogens is 2. The van der Waals surface area contributed by atoms with Gasteiger partial charge in [-0.15, -0.1) is 0 Å². The fraction of sp³-hybridized carbons (Fsp3) is 0.167. The average molecular weight is 563 g/mol. The van der Waals surface area contributed by atoms with E-state index in [2.05, 4.69) is 0 Å². The van der Waals surface area contributed by atoms with Crippen molar-refractivity contribution in [2.45, 2.75) is 24.3 Å². The third-order valence-corrected chi connectivity index (χ3v) is 8.16. The summed E-state index contributed by atoms with van der Waals surface area (Å²) < 4.78 is 60.8. The van der Waals surface area contributed by atoms with Gasteiger partial charge < -0.3 is 20.4 Å². The Labute approximate surface area is 217 Å². The topological polar surface area (TPSA) is 178 Å². The molecule has 200 valence electrons. The van der Waals surface area contributed by atoms with E-state index in [1.807, 2.05) is 0 Å². The molecule has 0 saturated heterocycles. The summed E-state index contributed by atoms with van der Waals surface area (Å²) in [5.74, 6) is -3.99. The quantitative estimate of drug-likeness (QED) is 0.217. The van der Waals surface area contributed by atoms with Gasteiger partial charge in [-0.3, -0.25) is 8.57 Å². The molecule has 0 radical (unpaired) electrons. The molecular formula is C24H22N2O10S2. The lowest BCUT2D eigenvalue weighted by atomic mass is 9.90. The minimum absolute atomic E-state index is 0.0181. The molecule has 1 aliphatic carbocycles. The molecule has 5 rings (SSSR count). The normalized spacial score (nSPS) is 13.1. The first-order valence-electron chi connectivity index (χ1n) is 11.2. The van der Waals surface area contributed by atoms with Crippen LogP contribution in [0.4, 0.5) is 0 Å².